The second-order valence-electron chi connectivity index (χ2n) is 1.95. The van der Waals surface area contributed by atoms with Crippen LogP contribution in [0.15, 0.2) is 23.0 Å². The summed E-state index contributed by atoms with van der Waals surface area (Å²) in [6.07, 6.45) is 8.47. The van der Waals surface area contributed by atoms with Crippen LogP contribution in [-0.4, -0.2) is 0 Å². The molecule has 0 bridgehead atoms. The van der Waals surface area contributed by atoms with E-state index in [9.17, 15) is 0 Å². The monoisotopic (exact) mass is 120 g/mol. The van der Waals surface area contributed by atoms with Gasteiger partial charge in [0.2, 0.25) is 0 Å². The topological polar surface area (TPSA) is 13.1 Å². The summed E-state index contributed by atoms with van der Waals surface area (Å²) in [5.41, 5.74) is 1.07. The Bertz CT molecular complexity index is 203. The summed E-state index contributed by atoms with van der Waals surface area (Å²) in [6, 6.07) is 1.88. The maximum absolute atomic E-state index is 5.17. The molecule has 0 saturated heterocycles. The van der Waals surface area contributed by atoms with Crippen LogP contribution in [0.1, 0.15) is 18.4 Å². The molecular formula is C8H8O. The predicted molar refractivity (Wildman–Crippen MR) is 36.0 cm³/mol. The first-order valence-corrected chi connectivity index (χ1v) is 2.83. The first kappa shape index (κ1) is 5.97. The average molecular weight is 120 g/mol. The Labute approximate surface area is 54.7 Å². The third-order valence-corrected chi connectivity index (χ3v) is 1.29. The van der Waals surface area contributed by atoms with E-state index < -0.39 is 0 Å². The van der Waals surface area contributed by atoms with Crippen LogP contribution in [0.5, 0.6) is 0 Å². The lowest BCUT2D eigenvalue weighted by Gasteiger charge is -1.94. The molecule has 0 fully saturated rings. The fourth-order valence-electron chi connectivity index (χ4n) is 0.618. The lowest BCUT2D eigenvalue weighted by atomic mass is 10.1. The van der Waals surface area contributed by atoms with Gasteiger partial charge in [-0.15, -0.1) is 6.42 Å². The first-order chi connectivity index (χ1) is 4.34. The summed E-state index contributed by atoms with van der Waals surface area (Å²) in [7, 11) is 0. The van der Waals surface area contributed by atoms with E-state index in [0.717, 1.165) is 5.56 Å². The highest BCUT2D eigenvalue weighted by Gasteiger charge is 1.99. The number of rotatable bonds is 1. The van der Waals surface area contributed by atoms with Crippen molar-refractivity contribution >= 4 is 0 Å². The first-order valence-electron chi connectivity index (χ1n) is 2.83. The van der Waals surface area contributed by atoms with Gasteiger partial charge in [-0.2, -0.15) is 0 Å². The van der Waals surface area contributed by atoms with E-state index in [0.29, 0.717) is 0 Å². The summed E-state index contributed by atoms with van der Waals surface area (Å²) < 4.78 is 4.84. The fraction of sp³-hybridized carbons (Fsp3) is 0.250. The van der Waals surface area contributed by atoms with E-state index in [2.05, 4.69) is 5.92 Å². The molecule has 1 nitrogen and oxygen atoms in total. The summed E-state index contributed by atoms with van der Waals surface area (Å²) in [5.74, 6) is 2.78. The van der Waals surface area contributed by atoms with Crippen molar-refractivity contribution in [3.8, 4) is 12.3 Å². The second-order valence-corrected chi connectivity index (χ2v) is 1.95. The van der Waals surface area contributed by atoms with Gasteiger partial charge in [0.1, 0.15) is 0 Å². The van der Waals surface area contributed by atoms with Crippen molar-refractivity contribution in [3.63, 3.8) is 0 Å². The van der Waals surface area contributed by atoms with Crippen molar-refractivity contribution in [2.24, 2.45) is 0 Å². The molecule has 1 aromatic rings. The van der Waals surface area contributed by atoms with Gasteiger partial charge in [0.25, 0.3) is 0 Å². The van der Waals surface area contributed by atoms with E-state index >= 15 is 0 Å². The van der Waals surface area contributed by atoms with Gasteiger partial charge in [-0.25, -0.2) is 0 Å². The van der Waals surface area contributed by atoms with Gasteiger partial charge >= 0.3 is 0 Å². The normalized spacial score (nSPS) is 12.4. The Morgan fingerprint density at radius 1 is 1.78 bits per heavy atom. The SMILES string of the molecule is C#CC(C)c1ccoc1. The minimum Gasteiger partial charge on any atom is -0.472 e. The van der Waals surface area contributed by atoms with Crippen LogP contribution < -0.4 is 0 Å². The highest BCUT2D eigenvalue weighted by Crippen LogP contribution is 2.12. The van der Waals surface area contributed by atoms with E-state index in [1.807, 2.05) is 13.0 Å². The molecule has 0 radical (unpaired) electrons. The van der Waals surface area contributed by atoms with E-state index in [1.54, 1.807) is 12.5 Å². The van der Waals surface area contributed by atoms with Crippen LogP contribution >= 0.6 is 0 Å². The van der Waals surface area contributed by atoms with E-state index in [-0.39, 0.29) is 5.92 Å². The smallest absolute Gasteiger partial charge is 0.0946 e. The van der Waals surface area contributed by atoms with Gasteiger partial charge in [0.15, 0.2) is 0 Å². The van der Waals surface area contributed by atoms with Gasteiger partial charge in [-0.3, -0.25) is 0 Å². The maximum atomic E-state index is 5.17. The number of furan rings is 1. The molecule has 0 aliphatic carbocycles. The lowest BCUT2D eigenvalue weighted by Crippen LogP contribution is -1.83. The van der Waals surface area contributed by atoms with Crippen molar-refractivity contribution in [3.05, 3.63) is 24.2 Å². The molecule has 0 N–H and O–H groups in total. The zero-order valence-electron chi connectivity index (χ0n) is 5.29. The van der Waals surface area contributed by atoms with Gasteiger partial charge < -0.3 is 4.42 Å². The van der Waals surface area contributed by atoms with Crippen LogP contribution in [-0.2, 0) is 0 Å². The average Bonchev–Trinajstić information content (AvgIpc) is 2.37. The number of hydrogen-bond donors (Lipinski definition) is 0. The minimum atomic E-state index is 0.170. The molecule has 46 valence electrons. The zero-order chi connectivity index (χ0) is 6.69. The van der Waals surface area contributed by atoms with Crippen molar-refractivity contribution in [1.29, 1.82) is 0 Å². The van der Waals surface area contributed by atoms with Crippen LogP contribution in [0.25, 0.3) is 0 Å². The van der Waals surface area contributed by atoms with Gasteiger partial charge in [0.05, 0.1) is 12.5 Å². The van der Waals surface area contributed by atoms with Crippen molar-refractivity contribution in [1.82, 2.24) is 0 Å². The van der Waals surface area contributed by atoms with Gasteiger partial charge in [-0.1, -0.05) is 5.92 Å². The van der Waals surface area contributed by atoms with Crippen LogP contribution in [0, 0.1) is 12.3 Å². The number of terminal acetylenes is 1. The van der Waals surface area contributed by atoms with Crippen molar-refractivity contribution in [2.75, 3.05) is 0 Å². The minimum absolute atomic E-state index is 0.170. The third kappa shape index (κ3) is 1.14. The largest absolute Gasteiger partial charge is 0.472 e. The molecule has 1 heteroatoms. The van der Waals surface area contributed by atoms with Crippen LogP contribution in [0.3, 0.4) is 0 Å². The summed E-state index contributed by atoms with van der Waals surface area (Å²) in [6.45, 7) is 1.96. The van der Waals surface area contributed by atoms with Crippen molar-refractivity contribution in [2.45, 2.75) is 12.8 Å². The predicted octanol–water partition coefficient (Wildman–Crippen LogP) is 2.02. The molecule has 0 saturated carbocycles. The van der Waals surface area contributed by atoms with E-state index in [1.165, 1.54) is 0 Å². The standard InChI is InChI=1S/C8H8O/c1-3-7(2)8-4-5-9-6-8/h1,4-7H,2H3. The Kier molecular flexibility index (Phi) is 1.60. The quantitative estimate of drug-likeness (QED) is 0.517. The van der Waals surface area contributed by atoms with Crippen LogP contribution in [0.4, 0.5) is 0 Å². The van der Waals surface area contributed by atoms with Crippen molar-refractivity contribution < 1.29 is 4.42 Å². The molecule has 9 heavy (non-hydrogen) atoms. The summed E-state index contributed by atoms with van der Waals surface area (Å²) >= 11 is 0. The molecule has 0 aromatic carbocycles. The molecule has 0 aliphatic rings. The molecule has 1 rings (SSSR count). The Morgan fingerprint density at radius 2 is 2.56 bits per heavy atom. The van der Waals surface area contributed by atoms with Gasteiger partial charge in [0, 0.05) is 11.5 Å². The summed E-state index contributed by atoms with van der Waals surface area (Å²) in [5, 5.41) is 0. The Hall–Kier alpha value is -1.16. The lowest BCUT2D eigenvalue weighted by molar-refractivity contribution is 0.563. The molecule has 1 aromatic heterocycles. The highest BCUT2D eigenvalue weighted by molar-refractivity contribution is 5.20. The number of hydrogen-bond acceptors (Lipinski definition) is 1. The molecule has 0 aliphatic heterocycles. The highest BCUT2D eigenvalue weighted by atomic mass is 16.3. The second kappa shape index (κ2) is 2.41. The Morgan fingerprint density at radius 3 is 3.00 bits per heavy atom. The molecular weight excluding hydrogens is 112 g/mol. The molecule has 0 spiro atoms. The fourth-order valence-corrected chi connectivity index (χ4v) is 0.618. The third-order valence-electron chi connectivity index (χ3n) is 1.29. The summed E-state index contributed by atoms with van der Waals surface area (Å²) in [4.78, 5) is 0. The Balaban J connectivity index is 2.80. The molecule has 1 heterocycles. The molecule has 1 unspecified atom stereocenters. The van der Waals surface area contributed by atoms with E-state index in [4.69, 9.17) is 10.8 Å². The molecule has 1 atom stereocenters. The van der Waals surface area contributed by atoms with Gasteiger partial charge in [-0.05, 0) is 13.0 Å². The maximum Gasteiger partial charge on any atom is 0.0946 e. The zero-order valence-corrected chi connectivity index (χ0v) is 5.29. The van der Waals surface area contributed by atoms with Crippen LogP contribution in [0.2, 0.25) is 0 Å². The molecule has 0 amide bonds.